The van der Waals surface area contributed by atoms with E-state index in [0.717, 1.165) is 11.3 Å². The van der Waals surface area contributed by atoms with Gasteiger partial charge in [0.2, 0.25) is 11.0 Å². The van der Waals surface area contributed by atoms with E-state index in [0.29, 0.717) is 17.0 Å². The number of hydrogen-bond donors (Lipinski definition) is 2. The Morgan fingerprint density at radius 1 is 1.44 bits per heavy atom. The van der Waals surface area contributed by atoms with Gasteiger partial charge < -0.3 is 15.2 Å². The Bertz CT molecular complexity index is 912. The number of nitrogens with zero attached hydrogens (tertiary/aromatic N) is 3. The van der Waals surface area contributed by atoms with Crippen LogP contribution in [0.1, 0.15) is 25.0 Å². The molecule has 1 unspecified atom stereocenters. The topological polar surface area (TPSA) is 122 Å². The van der Waals surface area contributed by atoms with Crippen molar-refractivity contribution in [2.24, 2.45) is 0 Å². The molecule has 2 heterocycles. The highest BCUT2D eigenvalue weighted by atomic mass is 32.2. The number of benzene rings is 1. The van der Waals surface area contributed by atoms with Crippen molar-refractivity contribution in [3.05, 3.63) is 23.8 Å². The van der Waals surface area contributed by atoms with E-state index >= 15 is 0 Å². The number of hydrogen-bond acceptors (Lipinski definition) is 8. The standard InChI is InChI=1S/C14H16N4O5S2/c1-8(19)15-13-16-17-14(24-13)25(21,22)18-6-5-12(20)10-4-3-9(23-2)7-11(10)18/h3-4,7,12,20H,5-6H2,1-2H3,(H,15,16,19). The molecule has 1 aromatic heterocycles. The van der Waals surface area contributed by atoms with Crippen LogP contribution in [0.3, 0.4) is 0 Å². The average molecular weight is 384 g/mol. The summed E-state index contributed by atoms with van der Waals surface area (Å²) in [6.07, 6.45) is -0.493. The van der Waals surface area contributed by atoms with Crippen LogP contribution in [-0.4, -0.2) is 43.3 Å². The van der Waals surface area contributed by atoms with Gasteiger partial charge in [0, 0.05) is 25.1 Å². The number of rotatable bonds is 4. The molecule has 0 saturated heterocycles. The molecule has 1 atom stereocenters. The van der Waals surface area contributed by atoms with Crippen LogP contribution in [0.2, 0.25) is 0 Å². The second-order valence-corrected chi connectivity index (χ2v) is 8.37. The van der Waals surface area contributed by atoms with Crippen LogP contribution in [0.4, 0.5) is 10.8 Å². The Labute approximate surface area is 148 Å². The second-order valence-electron chi connectivity index (χ2n) is 5.36. The van der Waals surface area contributed by atoms with Crippen LogP contribution in [0.25, 0.3) is 0 Å². The fourth-order valence-corrected chi connectivity index (χ4v) is 5.07. The number of nitrogens with one attached hydrogen (secondary N) is 1. The summed E-state index contributed by atoms with van der Waals surface area (Å²) < 4.78 is 32.0. The van der Waals surface area contributed by atoms with E-state index in [9.17, 15) is 18.3 Å². The molecule has 25 heavy (non-hydrogen) atoms. The number of anilines is 2. The van der Waals surface area contributed by atoms with Crippen molar-refractivity contribution in [1.29, 1.82) is 0 Å². The number of carbonyl (C=O) groups is 1. The third kappa shape index (κ3) is 3.30. The highest BCUT2D eigenvalue weighted by Gasteiger charge is 2.35. The molecule has 0 radical (unpaired) electrons. The summed E-state index contributed by atoms with van der Waals surface area (Å²) in [5, 5.41) is 20.0. The van der Waals surface area contributed by atoms with E-state index in [1.807, 2.05) is 0 Å². The van der Waals surface area contributed by atoms with Crippen LogP contribution in [-0.2, 0) is 14.8 Å². The molecule has 2 aromatic rings. The molecule has 1 aromatic carbocycles. The van der Waals surface area contributed by atoms with Gasteiger partial charge >= 0.3 is 0 Å². The maximum Gasteiger partial charge on any atom is 0.293 e. The molecule has 3 rings (SSSR count). The lowest BCUT2D eigenvalue weighted by atomic mass is 10.0. The van der Waals surface area contributed by atoms with Crippen LogP contribution >= 0.6 is 11.3 Å². The minimum atomic E-state index is -3.98. The minimum Gasteiger partial charge on any atom is -0.497 e. The van der Waals surface area contributed by atoms with Crippen LogP contribution in [0, 0.1) is 0 Å². The van der Waals surface area contributed by atoms with Crippen molar-refractivity contribution < 1.29 is 23.1 Å². The number of aromatic nitrogens is 2. The number of fused-ring (bicyclic) bond motifs is 1. The SMILES string of the molecule is COc1ccc2c(c1)N(S(=O)(=O)c1nnc(NC(C)=O)s1)CCC2O. The Morgan fingerprint density at radius 3 is 2.88 bits per heavy atom. The predicted octanol–water partition coefficient (Wildman–Crippen LogP) is 1.14. The summed E-state index contributed by atoms with van der Waals surface area (Å²) in [4.78, 5) is 11.1. The molecular weight excluding hydrogens is 368 g/mol. The third-order valence-corrected chi connectivity index (χ3v) is 6.67. The Morgan fingerprint density at radius 2 is 2.20 bits per heavy atom. The zero-order valence-corrected chi connectivity index (χ0v) is 15.1. The molecular formula is C14H16N4O5S2. The quantitative estimate of drug-likeness (QED) is 0.758. The van der Waals surface area contributed by atoms with Gasteiger partial charge in [0.05, 0.1) is 18.9 Å². The lowest BCUT2D eigenvalue weighted by Crippen LogP contribution is -2.36. The lowest BCUT2D eigenvalue weighted by Gasteiger charge is -2.32. The van der Waals surface area contributed by atoms with Crippen LogP contribution < -0.4 is 14.4 Å². The zero-order chi connectivity index (χ0) is 18.2. The van der Waals surface area contributed by atoms with E-state index in [1.54, 1.807) is 18.2 Å². The molecule has 0 bridgehead atoms. The molecule has 1 amide bonds. The average Bonchev–Trinajstić information content (AvgIpc) is 3.03. The summed E-state index contributed by atoms with van der Waals surface area (Å²) in [6.45, 7) is 1.39. The molecule has 0 fully saturated rings. The maximum absolute atomic E-state index is 13.0. The van der Waals surface area contributed by atoms with Crippen molar-refractivity contribution in [2.45, 2.75) is 23.8 Å². The van der Waals surface area contributed by atoms with Gasteiger partial charge in [0.25, 0.3) is 14.4 Å². The van der Waals surface area contributed by atoms with Gasteiger partial charge in [-0.2, -0.15) is 8.42 Å². The van der Waals surface area contributed by atoms with Crippen LogP contribution in [0.15, 0.2) is 22.5 Å². The summed E-state index contributed by atoms with van der Waals surface area (Å²) in [7, 11) is -2.50. The molecule has 1 aliphatic rings. The molecule has 0 aliphatic carbocycles. The van der Waals surface area contributed by atoms with E-state index in [1.165, 1.54) is 18.3 Å². The smallest absolute Gasteiger partial charge is 0.293 e. The minimum absolute atomic E-state index is 0.0960. The Hall–Kier alpha value is -2.24. The third-order valence-electron chi connectivity index (χ3n) is 3.67. The van der Waals surface area contributed by atoms with Gasteiger partial charge in [-0.1, -0.05) is 17.4 Å². The fourth-order valence-electron chi connectivity index (χ4n) is 2.52. The van der Waals surface area contributed by atoms with Gasteiger partial charge in [-0.15, -0.1) is 10.2 Å². The largest absolute Gasteiger partial charge is 0.497 e. The molecule has 1 aliphatic heterocycles. The van der Waals surface area contributed by atoms with Gasteiger partial charge in [-0.05, 0) is 12.5 Å². The summed E-state index contributed by atoms with van der Waals surface area (Å²) in [6, 6.07) is 4.87. The summed E-state index contributed by atoms with van der Waals surface area (Å²) in [5.41, 5.74) is 0.844. The second kappa shape index (κ2) is 6.58. The highest BCUT2D eigenvalue weighted by Crippen LogP contribution is 2.39. The first-order valence-electron chi connectivity index (χ1n) is 7.32. The number of aliphatic hydroxyl groups is 1. The Kier molecular flexibility index (Phi) is 4.62. The van der Waals surface area contributed by atoms with Gasteiger partial charge in [-0.3, -0.25) is 9.10 Å². The number of aliphatic hydroxyl groups excluding tert-OH is 1. The van der Waals surface area contributed by atoms with Crippen molar-refractivity contribution in [1.82, 2.24) is 10.2 Å². The van der Waals surface area contributed by atoms with E-state index in [4.69, 9.17) is 4.74 Å². The normalized spacial score (nSPS) is 17.1. The lowest BCUT2D eigenvalue weighted by molar-refractivity contribution is -0.114. The van der Waals surface area contributed by atoms with E-state index in [-0.39, 0.29) is 28.3 Å². The molecule has 11 heteroatoms. The highest BCUT2D eigenvalue weighted by molar-refractivity contribution is 7.94. The van der Waals surface area contributed by atoms with Gasteiger partial charge in [0.15, 0.2) is 0 Å². The van der Waals surface area contributed by atoms with E-state index < -0.39 is 16.1 Å². The van der Waals surface area contributed by atoms with Gasteiger partial charge in [-0.25, -0.2) is 0 Å². The fraction of sp³-hybridized carbons (Fsp3) is 0.357. The number of ether oxygens (including phenoxy) is 1. The number of carbonyl (C=O) groups excluding carboxylic acids is 1. The first-order valence-corrected chi connectivity index (χ1v) is 9.58. The molecule has 0 spiro atoms. The first kappa shape index (κ1) is 17.6. The van der Waals surface area contributed by atoms with Crippen molar-refractivity contribution in [2.75, 3.05) is 23.3 Å². The number of methoxy groups -OCH3 is 1. The molecule has 0 saturated carbocycles. The number of sulfonamides is 1. The monoisotopic (exact) mass is 384 g/mol. The molecule has 9 nitrogen and oxygen atoms in total. The summed E-state index contributed by atoms with van der Waals surface area (Å²) >= 11 is 0.770. The molecule has 2 N–H and O–H groups in total. The maximum atomic E-state index is 13.0. The number of amides is 1. The molecule has 134 valence electrons. The predicted molar refractivity (Wildman–Crippen MR) is 91.3 cm³/mol. The first-order chi connectivity index (χ1) is 11.8. The Balaban J connectivity index is 2.02. The van der Waals surface area contributed by atoms with Crippen LogP contribution in [0.5, 0.6) is 5.75 Å². The zero-order valence-electron chi connectivity index (χ0n) is 13.5. The van der Waals surface area contributed by atoms with Crippen molar-refractivity contribution in [3.63, 3.8) is 0 Å². The van der Waals surface area contributed by atoms with E-state index in [2.05, 4.69) is 15.5 Å². The van der Waals surface area contributed by atoms with Gasteiger partial charge in [0.1, 0.15) is 5.75 Å². The van der Waals surface area contributed by atoms with Crippen molar-refractivity contribution in [3.8, 4) is 5.75 Å². The summed E-state index contributed by atoms with van der Waals surface area (Å²) in [5.74, 6) is 0.112. The van der Waals surface area contributed by atoms with Crippen molar-refractivity contribution >= 4 is 38.1 Å².